The molecule has 2 aromatic heterocycles. The highest BCUT2D eigenvalue weighted by molar-refractivity contribution is 8.00. The molecule has 33 heavy (non-hydrogen) atoms. The van der Waals surface area contributed by atoms with Gasteiger partial charge < -0.3 is 14.6 Å². The molecule has 1 atom stereocenters. The smallest absolute Gasteiger partial charge is 0.237 e. The van der Waals surface area contributed by atoms with E-state index in [-0.39, 0.29) is 11.2 Å². The number of hydrogen-bond acceptors (Lipinski definition) is 6. The number of carbonyl (C=O) groups is 1. The summed E-state index contributed by atoms with van der Waals surface area (Å²) in [5.74, 6) is 2.40. The predicted octanol–water partition coefficient (Wildman–Crippen LogP) is 6.18. The van der Waals surface area contributed by atoms with Crippen LogP contribution < -0.4 is 10.1 Å². The van der Waals surface area contributed by atoms with Crippen molar-refractivity contribution in [2.24, 2.45) is 0 Å². The number of para-hydroxylation sites is 1. The molecule has 1 unspecified atom stereocenters. The summed E-state index contributed by atoms with van der Waals surface area (Å²) >= 11 is 3.19. The summed E-state index contributed by atoms with van der Waals surface area (Å²) in [4.78, 5) is 14.1. The molecule has 4 aromatic rings. The monoisotopic (exact) mass is 476 g/mol. The molecule has 2 aromatic carbocycles. The number of anilines is 1. The van der Waals surface area contributed by atoms with Crippen LogP contribution in [0.3, 0.4) is 0 Å². The van der Waals surface area contributed by atoms with Crippen molar-refractivity contribution >= 4 is 34.7 Å². The van der Waals surface area contributed by atoms with Crippen molar-refractivity contribution in [1.29, 1.82) is 0 Å². The van der Waals surface area contributed by atoms with Crippen LogP contribution in [0.2, 0.25) is 0 Å². The Morgan fingerprint density at radius 1 is 1.09 bits per heavy atom. The van der Waals surface area contributed by atoms with E-state index < -0.39 is 0 Å². The van der Waals surface area contributed by atoms with E-state index in [1.165, 1.54) is 16.6 Å². The van der Waals surface area contributed by atoms with Gasteiger partial charge in [-0.2, -0.15) is 0 Å². The maximum absolute atomic E-state index is 12.8. The van der Waals surface area contributed by atoms with Gasteiger partial charge in [0, 0.05) is 23.0 Å². The third-order valence-corrected chi connectivity index (χ3v) is 7.24. The predicted molar refractivity (Wildman–Crippen MR) is 132 cm³/mol. The first-order chi connectivity index (χ1) is 16.2. The summed E-state index contributed by atoms with van der Waals surface area (Å²) in [6.07, 6.45) is 3.06. The number of thioether (sulfide) groups is 1. The topological polar surface area (TPSA) is 69.0 Å². The number of thiophene rings is 1. The van der Waals surface area contributed by atoms with Crippen LogP contribution in [0.5, 0.6) is 11.5 Å². The fraction of sp³-hybridized carbons (Fsp3) is 0.240. The molecule has 8 heteroatoms. The second-order valence-electron chi connectivity index (χ2n) is 7.94. The van der Waals surface area contributed by atoms with E-state index in [0.29, 0.717) is 6.04 Å². The Morgan fingerprint density at radius 2 is 1.85 bits per heavy atom. The van der Waals surface area contributed by atoms with Crippen molar-refractivity contribution in [3.05, 3.63) is 82.8 Å². The van der Waals surface area contributed by atoms with Crippen LogP contribution in [0.25, 0.3) is 0 Å². The van der Waals surface area contributed by atoms with Crippen LogP contribution in [0.15, 0.2) is 77.3 Å². The SMILES string of the molecule is CC(Sc1nnc(Cc2cccs2)n1C1CC1)C(=O)Nc1ccc(Oc2ccccc2)cc1. The Labute approximate surface area is 201 Å². The largest absolute Gasteiger partial charge is 0.457 e. The van der Waals surface area contributed by atoms with Gasteiger partial charge in [-0.25, -0.2) is 0 Å². The van der Waals surface area contributed by atoms with Crippen molar-refractivity contribution in [1.82, 2.24) is 14.8 Å². The summed E-state index contributed by atoms with van der Waals surface area (Å²) in [5.41, 5.74) is 0.731. The van der Waals surface area contributed by atoms with Gasteiger partial charge in [0.25, 0.3) is 0 Å². The fourth-order valence-corrected chi connectivity index (χ4v) is 5.10. The van der Waals surface area contributed by atoms with E-state index in [2.05, 4.69) is 37.6 Å². The summed E-state index contributed by atoms with van der Waals surface area (Å²) in [6.45, 7) is 1.90. The Bertz CT molecular complexity index is 1200. The van der Waals surface area contributed by atoms with Gasteiger partial charge in [-0.1, -0.05) is 36.0 Å². The zero-order valence-corrected chi connectivity index (χ0v) is 19.8. The molecule has 1 aliphatic carbocycles. The Morgan fingerprint density at radius 3 is 2.55 bits per heavy atom. The minimum absolute atomic E-state index is 0.0677. The van der Waals surface area contributed by atoms with Crippen molar-refractivity contribution in [2.75, 3.05) is 5.32 Å². The number of aromatic nitrogens is 3. The molecule has 2 heterocycles. The second-order valence-corrected chi connectivity index (χ2v) is 10.3. The number of rotatable bonds is 9. The lowest BCUT2D eigenvalue weighted by molar-refractivity contribution is -0.115. The number of benzene rings is 2. The molecule has 168 valence electrons. The first kappa shape index (κ1) is 21.7. The molecular weight excluding hydrogens is 452 g/mol. The van der Waals surface area contributed by atoms with Gasteiger partial charge in [0.2, 0.25) is 5.91 Å². The van der Waals surface area contributed by atoms with Crippen LogP contribution >= 0.6 is 23.1 Å². The summed E-state index contributed by atoms with van der Waals surface area (Å²) in [7, 11) is 0. The van der Waals surface area contributed by atoms with E-state index in [4.69, 9.17) is 4.74 Å². The highest BCUT2D eigenvalue weighted by Crippen LogP contribution is 2.40. The van der Waals surface area contributed by atoms with E-state index in [9.17, 15) is 4.79 Å². The molecule has 5 rings (SSSR count). The average molecular weight is 477 g/mol. The fourth-order valence-electron chi connectivity index (χ4n) is 3.46. The zero-order chi connectivity index (χ0) is 22.6. The summed E-state index contributed by atoms with van der Waals surface area (Å²) < 4.78 is 8.04. The van der Waals surface area contributed by atoms with E-state index >= 15 is 0 Å². The lowest BCUT2D eigenvalue weighted by Crippen LogP contribution is -2.23. The van der Waals surface area contributed by atoms with Crippen molar-refractivity contribution in [3.63, 3.8) is 0 Å². The van der Waals surface area contributed by atoms with Crippen molar-refractivity contribution in [2.45, 2.75) is 42.6 Å². The number of hydrogen-bond donors (Lipinski definition) is 1. The average Bonchev–Trinajstić information content (AvgIpc) is 3.39. The molecule has 1 N–H and O–H groups in total. The van der Waals surface area contributed by atoms with Gasteiger partial charge >= 0.3 is 0 Å². The first-order valence-electron chi connectivity index (χ1n) is 10.9. The molecule has 0 saturated heterocycles. The van der Waals surface area contributed by atoms with Gasteiger partial charge in [0.1, 0.15) is 17.3 Å². The number of amides is 1. The number of nitrogens with zero attached hydrogens (tertiary/aromatic N) is 3. The van der Waals surface area contributed by atoms with Gasteiger partial charge in [0.15, 0.2) is 5.16 Å². The molecule has 1 fully saturated rings. The van der Waals surface area contributed by atoms with Gasteiger partial charge in [-0.15, -0.1) is 21.5 Å². The maximum atomic E-state index is 12.8. The van der Waals surface area contributed by atoms with Gasteiger partial charge in [0.05, 0.1) is 5.25 Å². The normalized spacial score (nSPS) is 14.1. The third-order valence-electron chi connectivity index (χ3n) is 5.31. The standard InChI is InChI=1S/C25H24N4O2S2/c1-17(24(30)26-18-9-13-21(14-10-18)31-20-6-3-2-4-7-20)33-25-28-27-23(29(25)19-11-12-19)16-22-8-5-15-32-22/h2-10,13-15,17,19H,11-12,16H2,1H3,(H,26,30). The van der Waals surface area contributed by atoms with Crippen molar-refractivity contribution < 1.29 is 9.53 Å². The van der Waals surface area contributed by atoms with E-state index in [0.717, 1.165) is 47.4 Å². The highest BCUT2D eigenvalue weighted by atomic mass is 32.2. The van der Waals surface area contributed by atoms with Gasteiger partial charge in [-0.3, -0.25) is 4.79 Å². The highest BCUT2D eigenvalue weighted by Gasteiger charge is 2.31. The lowest BCUT2D eigenvalue weighted by Gasteiger charge is -2.13. The van der Waals surface area contributed by atoms with Gasteiger partial charge in [-0.05, 0) is 67.6 Å². The summed E-state index contributed by atoms with van der Waals surface area (Å²) in [6, 6.07) is 21.6. The lowest BCUT2D eigenvalue weighted by atomic mass is 10.3. The molecule has 0 radical (unpaired) electrons. The zero-order valence-electron chi connectivity index (χ0n) is 18.2. The second kappa shape index (κ2) is 9.80. The molecular formula is C25H24N4O2S2. The first-order valence-corrected chi connectivity index (χ1v) is 12.7. The minimum Gasteiger partial charge on any atom is -0.457 e. The molecule has 0 aliphatic heterocycles. The Hall–Kier alpha value is -3.10. The molecule has 1 saturated carbocycles. The molecule has 1 aliphatic rings. The number of nitrogens with one attached hydrogen (secondary N) is 1. The van der Waals surface area contributed by atoms with E-state index in [1.807, 2.05) is 61.5 Å². The third kappa shape index (κ3) is 5.46. The Balaban J connectivity index is 1.21. The molecule has 1 amide bonds. The quantitative estimate of drug-likeness (QED) is 0.292. The van der Waals surface area contributed by atoms with Crippen LogP contribution in [0.4, 0.5) is 5.69 Å². The van der Waals surface area contributed by atoms with Crippen LogP contribution in [0, 0.1) is 0 Å². The van der Waals surface area contributed by atoms with Crippen molar-refractivity contribution in [3.8, 4) is 11.5 Å². The molecule has 0 spiro atoms. The van der Waals surface area contributed by atoms with E-state index in [1.54, 1.807) is 11.3 Å². The molecule has 6 nitrogen and oxygen atoms in total. The number of ether oxygens (including phenoxy) is 1. The Kier molecular flexibility index (Phi) is 6.46. The maximum Gasteiger partial charge on any atom is 0.237 e. The molecule has 0 bridgehead atoms. The van der Waals surface area contributed by atoms with Crippen LogP contribution in [-0.4, -0.2) is 25.9 Å². The minimum atomic E-state index is -0.304. The summed E-state index contributed by atoms with van der Waals surface area (Å²) in [5, 5.41) is 14.5. The van der Waals surface area contributed by atoms with Crippen LogP contribution in [-0.2, 0) is 11.2 Å². The van der Waals surface area contributed by atoms with Crippen LogP contribution in [0.1, 0.15) is 36.5 Å². The number of carbonyl (C=O) groups excluding carboxylic acids is 1.